The highest BCUT2D eigenvalue weighted by Gasteiger charge is 2.17. The van der Waals surface area contributed by atoms with E-state index < -0.39 is 16.5 Å². The van der Waals surface area contributed by atoms with Gasteiger partial charge in [-0.1, -0.05) is 6.08 Å². The molecule has 0 saturated heterocycles. The van der Waals surface area contributed by atoms with Crippen LogP contribution in [-0.4, -0.2) is 30.0 Å². The van der Waals surface area contributed by atoms with Gasteiger partial charge in [0.15, 0.2) is 5.58 Å². The Balaban J connectivity index is 1.97. The van der Waals surface area contributed by atoms with E-state index in [2.05, 4.69) is 4.98 Å². The second kappa shape index (κ2) is 7.93. The summed E-state index contributed by atoms with van der Waals surface area (Å²) in [6.45, 7) is 1.15. The SMILES string of the molecule is CC(=O)Oc1cc(/C=C/c2nc3ccc(N(C)C)cc3oc2=O)ccc1[N+](=O)[O-]. The maximum Gasteiger partial charge on any atom is 0.362 e. The molecule has 1 heterocycles. The Kier molecular flexibility index (Phi) is 5.40. The molecule has 0 aliphatic heterocycles. The minimum atomic E-state index is -0.678. The van der Waals surface area contributed by atoms with Gasteiger partial charge in [0.05, 0.1) is 4.92 Å². The molecular formula is C20H17N3O6. The van der Waals surface area contributed by atoms with Gasteiger partial charge in [-0.05, 0) is 35.9 Å². The third-order valence-electron chi connectivity index (χ3n) is 3.98. The molecule has 0 aliphatic carbocycles. The average molecular weight is 395 g/mol. The van der Waals surface area contributed by atoms with Crippen LogP contribution in [0.3, 0.4) is 0 Å². The summed E-state index contributed by atoms with van der Waals surface area (Å²) >= 11 is 0. The molecule has 29 heavy (non-hydrogen) atoms. The lowest BCUT2D eigenvalue weighted by Crippen LogP contribution is -2.09. The minimum absolute atomic E-state index is 0.0718. The zero-order valence-corrected chi connectivity index (χ0v) is 15.9. The van der Waals surface area contributed by atoms with Gasteiger partial charge >= 0.3 is 17.3 Å². The van der Waals surface area contributed by atoms with Crippen LogP contribution in [0.15, 0.2) is 45.6 Å². The number of hydrogen-bond acceptors (Lipinski definition) is 8. The van der Waals surface area contributed by atoms with Crippen LogP contribution in [0.25, 0.3) is 23.3 Å². The lowest BCUT2D eigenvalue weighted by atomic mass is 10.1. The van der Waals surface area contributed by atoms with Gasteiger partial charge in [0.25, 0.3) is 0 Å². The molecule has 0 atom stereocenters. The average Bonchev–Trinajstić information content (AvgIpc) is 2.65. The topological polar surface area (TPSA) is 116 Å². The second-order valence-corrected chi connectivity index (χ2v) is 6.34. The highest BCUT2D eigenvalue weighted by Crippen LogP contribution is 2.29. The Morgan fingerprint density at radius 1 is 1.21 bits per heavy atom. The summed E-state index contributed by atoms with van der Waals surface area (Å²) in [7, 11) is 3.75. The number of esters is 1. The summed E-state index contributed by atoms with van der Waals surface area (Å²) < 4.78 is 10.2. The minimum Gasteiger partial charge on any atom is -0.419 e. The van der Waals surface area contributed by atoms with Crippen LogP contribution in [0.4, 0.5) is 11.4 Å². The van der Waals surface area contributed by atoms with Crippen molar-refractivity contribution in [3.63, 3.8) is 0 Å². The third kappa shape index (κ3) is 4.46. The summed E-state index contributed by atoms with van der Waals surface area (Å²) in [5.74, 6) is -0.859. The van der Waals surface area contributed by atoms with Crippen molar-refractivity contribution >= 4 is 40.6 Å². The summed E-state index contributed by atoms with van der Waals surface area (Å²) in [5.41, 5.74) is 1.35. The second-order valence-electron chi connectivity index (χ2n) is 6.34. The first kappa shape index (κ1) is 19.7. The van der Waals surface area contributed by atoms with Gasteiger partial charge in [-0.2, -0.15) is 0 Å². The molecule has 9 heteroatoms. The molecule has 0 unspecified atom stereocenters. The molecule has 148 valence electrons. The van der Waals surface area contributed by atoms with Crippen molar-refractivity contribution in [2.45, 2.75) is 6.92 Å². The van der Waals surface area contributed by atoms with Crippen molar-refractivity contribution in [2.75, 3.05) is 19.0 Å². The van der Waals surface area contributed by atoms with Crippen molar-refractivity contribution in [1.29, 1.82) is 0 Å². The van der Waals surface area contributed by atoms with Crippen LogP contribution in [-0.2, 0) is 4.79 Å². The molecular weight excluding hydrogens is 378 g/mol. The number of carbonyl (C=O) groups is 1. The van der Waals surface area contributed by atoms with Gasteiger partial charge in [0, 0.05) is 38.8 Å². The number of anilines is 1. The molecule has 2 aromatic carbocycles. The molecule has 3 aromatic rings. The fourth-order valence-corrected chi connectivity index (χ4v) is 2.58. The number of benzene rings is 2. The Hall–Kier alpha value is -4.01. The van der Waals surface area contributed by atoms with Crippen molar-refractivity contribution in [2.24, 2.45) is 0 Å². The molecule has 0 radical (unpaired) electrons. The summed E-state index contributed by atoms with van der Waals surface area (Å²) in [6.07, 6.45) is 2.96. The first-order valence-electron chi connectivity index (χ1n) is 8.52. The molecule has 0 fully saturated rings. The standard InChI is InChI=1S/C20H17N3O6/c1-12(24)28-19-10-13(5-9-17(19)23(26)27)4-7-16-20(25)29-18-11-14(22(2)3)6-8-15(18)21-16/h4-11H,1-3H3/b7-4+. The van der Waals surface area contributed by atoms with Gasteiger partial charge in [0.1, 0.15) is 11.2 Å². The number of nitro benzene ring substituents is 1. The molecule has 0 N–H and O–H groups in total. The van der Waals surface area contributed by atoms with E-state index in [4.69, 9.17) is 9.15 Å². The number of carbonyl (C=O) groups excluding carboxylic acids is 1. The van der Waals surface area contributed by atoms with E-state index >= 15 is 0 Å². The van der Waals surface area contributed by atoms with Crippen molar-refractivity contribution in [3.8, 4) is 5.75 Å². The zero-order chi connectivity index (χ0) is 21.1. The molecule has 0 amide bonds. The third-order valence-corrected chi connectivity index (χ3v) is 3.98. The smallest absolute Gasteiger partial charge is 0.362 e. The number of nitrogens with zero attached hydrogens (tertiary/aromatic N) is 3. The molecule has 1 aromatic heterocycles. The fraction of sp³-hybridized carbons (Fsp3) is 0.150. The van der Waals surface area contributed by atoms with E-state index in [1.165, 1.54) is 30.4 Å². The molecule has 0 aliphatic rings. The molecule has 9 nitrogen and oxygen atoms in total. The van der Waals surface area contributed by atoms with Crippen LogP contribution in [0.1, 0.15) is 18.2 Å². The van der Waals surface area contributed by atoms with Gasteiger partial charge in [-0.3, -0.25) is 14.9 Å². The predicted octanol–water partition coefficient (Wildman–Crippen LogP) is 3.26. The van der Waals surface area contributed by atoms with Crippen LogP contribution < -0.4 is 15.3 Å². The van der Waals surface area contributed by atoms with E-state index in [1.54, 1.807) is 12.1 Å². The number of hydrogen-bond donors (Lipinski definition) is 0. The Bertz CT molecular complexity index is 1200. The van der Waals surface area contributed by atoms with Gasteiger partial charge in [0.2, 0.25) is 5.75 Å². The van der Waals surface area contributed by atoms with E-state index in [9.17, 15) is 19.7 Å². The Morgan fingerprint density at radius 2 is 1.97 bits per heavy atom. The highest BCUT2D eigenvalue weighted by molar-refractivity contribution is 5.79. The van der Waals surface area contributed by atoms with Crippen LogP contribution in [0.2, 0.25) is 0 Å². The highest BCUT2D eigenvalue weighted by atomic mass is 16.6. The number of nitro groups is 1. The van der Waals surface area contributed by atoms with Gasteiger partial charge < -0.3 is 14.1 Å². The summed E-state index contributed by atoms with van der Waals surface area (Å²) in [4.78, 5) is 40.0. The Morgan fingerprint density at radius 3 is 2.62 bits per heavy atom. The molecule has 0 bridgehead atoms. The molecule has 0 saturated carbocycles. The predicted molar refractivity (Wildman–Crippen MR) is 108 cm³/mol. The number of ether oxygens (including phenoxy) is 1. The largest absolute Gasteiger partial charge is 0.419 e. The van der Waals surface area contributed by atoms with E-state index in [0.29, 0.717) is 16.7 Å². The fourth-order valence-electron chi connectivity index (χ4n) is 2.58. The maximum atomic E-state index is 12.2. The number of fused-ring (bicyclic) bond motifs is 1. The quantitative estimate of drug-likeness (QED) is 0.280. The first-order chi connectivity index (χ1) is 13.7. The van der Waals surface area contributed by atoms with Gasteiger partial charge in [-0.15, -0.1) is 0 Å². The van der Waals surface area contributed by atoms with Crippen LogP contribution in [0.5, 0.6) is 5.75 Å². The number of rotatable bonds is 5. The van der Waals surface area contributed by atoms with E-state index in [0.717, 1.165) is 12.6 Å². The zero-order valence-electron chi connectivity index (χ0n) is 15.9. The summed E-state index contributed by atoms with van der Waals surface area (Å²) in [5, 5.41) is 11.1. The number of aromatic nitrogens is 1. The van der Waals surface area contributed by atoms with Crippen LogP contribution in [0, 0.1) is 10.1 Å². The van der Waals surface area contributed by atoms with E-state index in [1.807, 2.05) is 25.1 Å². The van der Waals surface area contributed by atoms with Crippen molar-refractivity contribution < 1.29 is 18.9 Å². The molecule has 3 rings (SSSR count). The lowest BCUT2D eigenvalue weighted by molar-refractivity contribution is -0.385. The monoisotopic (exact) mass is 395 g/mol. The molecule has 0 spiro atoms. The maximum absolute atomic E-state index is 12.2. The van der Waals surface area contributed by atoms with Crippen molar-refractivity contribution in [1.82, 2.24) is 4.98 Å². The normalized spacial score (nSPS) is 11.0. The first-order valence-corrected chi connectivity index (χ1v) is 8.52. The van der Waals surface area contributed by atoms with Crippen LogP contribution >= 0.6 is 0 Å². The van der Waals surface area contributed by atoms with Gasteiger partial charge in [-0.25, -0.2) is 9.78 Å². The Labute approximate surface area is 165 Å². The van der Waals surface area contributed by atoms with E-state index in [-0.39, 0.29) is 17.1 Å². The lowest BCUT2D eigenvalue weighted by Gasteiger charge is -2.12. The summed E-state index contributed by atoms with van der Waals surface area (Å²) in [6, 6.07) is 9.34. The van der Waals surface area contributed by atoms with Crippen molar-refractivity contribution in [3.05, 3.63) is 68.2 Å².